The third-order valence-electron chi connectivity index (χ3n) is 4.17. The molecule has 0 bridgehead atoms. The Bertz CT molecular complexity index is 801. The van der Waals surface area contributed by atoms with E-state index in [1.165, 1.54) is 22.5 Å². The fourth-order valence-electron chi connectivity index (χ4n) is 2.70. The molecule has 0 saturated carbocycles. The zero-order chi connectivity index (χ0) is 19.8. The first-order valence-electron chi connectivity index (χ1n) is 9.18. The molecule has 0 aliphatic rings. The summed E-state index contributed by atoms with van der Waals surface area (Å²) >= 11 is 1.36. The standard InChI is InChI=1S/C20H28N4O2S/c1-6-15-10-8-9-11-16(15)12-22-20(21-5)24-14(4)18-23-13(3)17(27-18)19(25)26-7-2/h8-11,14H,6-7,12H2,1-5H3,(H2,21,22,24). The first-order chi connectivity index (χ1) is 13.0. The molecule has 2 rings (SSSR count). The minimum absolute atomic E-state index is 0.0792. The van der Waals surface area contributed by atoms with Gasteiger partial charge in [-0.25, -0.2) is 9.78 Å². The molecular formula is C20H28N4O2S. The largest absolute Gasteiger partial charge is 0.462 e. The maximum atomic E-state index is 12.0. The summed E-state index contributed by atoms with van der Waals surface area (Å²) in [5, 5.41) is 7.51. The molecule has 1 heterocycles. The summed E-state index contributed by atoms with van der Waals surface area (Å²) in [7, 11) is 1.74. The van der Waals surface area contributed by atoms with Gasteiger partial charge in [-0.3, -0.25) is 4.99 Å². The summed E-state index contributed by atoms with van der Waals surface area (Å²) in [6, 6.07) is 8.29. The fraction of sp³-hybridized carbons (Fsp3) is 0.450. The van der Waals surface area contributed by atoms with Crippen LogP contribution in [-0.4, -0.2) is 30.6 Å². The predicted molar refractivity (Wildman–Crippen MR) is 110 cm³/mol. The van der Waals surface area contributed by atoms with Gasteiger partial charge in [0, 0.05) is 13.6 Å². The number of aromatic nitrogens is 1. The number of guanidine groups is 1. The summed E-state index contributed by atoms with van der Waals surface area (Å²) in [6.45, 7) is 8.83. The lowest BCUT2D eigenvalue weighted by molar-refractivity contribution is 0.0531. The molecule has 0 radical (unpaired) electrons. The number of carbonyl (C=O) groups is 1. The lowest BCUT2D eigenvalue weighted by Gasteiger charge is -2.17. The SMILES string of the molecule is CCOC(=O)c1sc(C(C)NC(=NC)NCc2ccccc2CC)nc1C. The fourth-order valence-corrected chi connectivity index (χ4v) is 3.67. The first-order valence-corrected chi connectivity index (χ1v) is 10.00. The number of nitrogens with one attached hydrogen (secondary N) is 2. The number of hydrogen-bond acceptors (Lipinski definition) is 5. The minimum atomic E-state index is -0.315. The van der Waals surface area contributed by atoms with Crippen LogP contribution in [0.25, 0.3) is 0 Å². The smallest absolute Gasteiger partial charge is 0.350 e. The van der Waals surface area contributed by atoms with E-state index in [0.717, 1.165) is 11.4 Å². The molecule has 0 spiro atoms. The second-order valence-electron chi connectivity index (χ2n) is 6.10. The normalized spacial score (nSPS) is 12.6. The number of esters is 1. The highest BCUT2D eigenvalue weighted by atomic mass is 32.1. The van der Waals surface area contributed by atoms with Crippen molar-refractivity contribution in [3.05, 3.63) is 51.0 Å². The monoisotopic (exact) mass is 388 g/mol. The second-order valence-corrected chi connectivity index (χ2v) is 7.13. The highest BCUT2D eigenvalue weighted by Crippen LogP contribution is 2.24. The number of aryl methyl sites for hydroxylation is 2. The Morgan fingerprint density at radius 2 is 2.00 bits per heavy atom. The maximum absolute atomic E-state index is 12.0. The Kier molecular flexibility index (Phi) is 7.79. The molecule has 7 heteroatoms. The third-order valence-corrected chi connectivity index (χ3v) is 5.49. The van der Waals surface area contributed by atoms with Gasteiger partial charge >= 0.3 is 5.97 Å². The first kappa shape index (κ1) is 20.9. The van der Waals surface area contributed by atoms with E-state index in [0.29, 0.717) is 29.7 Å². The van der Waals surface area contributed by atoms with E-state index < -0.39 is 0 Å². The molecule has 0 aliphatic carbocycles. The number of nitrogens with zero attached hydrogens (tertiary/aromatic N) is 2. The van der Waals surface area contributed by atoms with Crippen molar-refractivity contribution < 1.29 is 9.53 Å². The highest BCUT2D eigenvalue weighted by molar-refractivity contribution is 7.13. The average molecular weight is 389 g/mol. The van der Waals surface area contributed by atoms with E-state index in [9.17, 15) is 4.79 Å². The molecule has 6 nitrogen and oxygen atoms in total. The third kappa shape index (κ3) is 5.53. The Morgan fingerprint density at radius 3 is 2.63 bits per heavy atom. The molecule has 0 amide bonds. The molecule has 27 heavy (non-hydrogen) atoms. The Balaban J connectivity index is 2.02. The van der Waals surface area contributed by atoms with E-state index in [2.05, 4.69) is 45.7 Å². The predicted octanol–water partition coefficient (Wildman–Crippen LogP) is 3.62. The summed E-state index contributed by atoms with van der Waals surface area (Å²) in [5.41, 5.74) is 3.27. The van der Waals surface area contributed by atoms with Crippen LogP contribution < -0.4 is 10.6 Å². The molecule has 0 saturated heterocycles. The van der Waals surface area contributed by atoms with Crippen LogP contribution in [0, 0.1) is 6.92 Å². The second kappa shape index (κ2) is 10.1. The van der Waals surface area contributed by atoms with E-state index >= 15 is 0 Å². The van der Waals surface area contributed by atoms with Crippen molar-refractivity contribution in [1.82, 2.24) is 15.6 Å². The molecule has 1 unspecified atom stereocenters. The van der Waals surface area contributed by atoms with Crippen molar-refractivity contribution in [2.24, 2.45) is 4.99 Å². The van der Waals surface area contributed by atoms with Gasteiger partial charge in [-0.05, 0) is 38.3 Å². The van der Waals surface area contributed by atoms with Crippen LogP contribution >= 0.6 is 11.3 Å². The van der Waals surface area contributed by atoms with E-state index in [1.807, 2.05) is 19.9 Å². The van der Waals surface area contributed by atoms with Gasteiger partial charge in [0.2, 0.25) is 0 Å². The van der Waals surface area contributed by atoms with Crippen LogP contribution in [-0.2, 0) is 17.7 Å². The van der Waals surface area contributed by atoms with E-state index in [4.69, 9.17) is 4.74 Å². The van der Waals surface area contributed by atoms with Crippen LogP contribution in [0.5, 0.6) is 0 Å². The van der Waals surface area contributed by atoms with Crippen molar-refractivity contribution in [2.75, 3.05) is 13.7 Å². The van der Waals surface area contributed by atoms with Gasteiger partial charge in [0.05, 0.1) is 18.3 Å². The summed E-state index contributed by atoms with van der Waals surface area (Å²) in [4.78, 5) is 21.4. The molecular weight excluding hydrogens is 360 g/mol. The van der Waals surface area contributed by atoms with Gasteiger partial charge in [0.15, 0.2) is 5.96 Å². The summed E-state index contributed by atoms with van der Waals surface area (Å²) in [5.74, 6) is 0.378. The van der Waals surface area contributed by atoms with Gasteiger partial charge in [0.25, 0.3) is 0 Å². The van der Waals surface area contributed by atoms with Crippen LogP contribution in [0.3, 0.4) is 0 Å². The number of ether oxygens (including phenoxy) is 1. The topological polar surface area (TPSA) is 75.6 Å². The van der Waals surface area contributed by atoms with Crippen molar-refractivity contribution in [3.63, 3.8) is 0 Å². The molecule has 2 N–H and O–H groups in total. The molecule has 1 aromatic heterocycles. The molecule has 0 fully saturated rings. The van der Waals surface area contributed by atoms with Crippen molar-refractivity contribution in [1.29, 1.82) is 0 Å². The maximum Gasteiger partial charge on any atom is 0.350 e. The molecule has 2 aromatic rings. The molecule has 146 valence electrons. The number of rotatable bonds is 7. The number of carbonyl (C=O) groups excluding carboxylic acids is 1. The summed E-state index contributed by atoms with van der Waals surface area (Å²) < 4.78 is 5.09. The molecule has 1 atom stereocenters. The summed E-state index contributed by atoms with van der Waals surface area (Å²) in [6.07, 6.45) is 0.995. The van der Waals surface area contributed by atoms with E-state index in [1.54, 1.807) is 14.0 Å². The van der Waals surface area contributed by atoms with Gasteiger partial charge in [-0.2, -0.15) is 0 Å². The zero-order valence-corrected chi connectivity index (χ0v) is 17.4. The quantitative estimate of drug-likeness (QED) is 0.430. The number of aliphatic imine (C=N–C) groups is 1. The van der Waals surface area contributed by atoms with Gasteiger partial charge in [0.1, 0.15) is 9.88 Å². The Morgan fingerprint density at radius 1 is 1.30 bits per heavy atom. The Labute approximate surface area is 165 Å². The average Bonchev–Trinajstić information content (AvgIpc) is 3.07. The Hall–Kier alpha value is -2.41. The highest BCUT2D eigenvalue weighted by Gasteiger charge is 2.20. The zero-order valence-electron chi connectivity index (χ0n) is 16.6. The van der Waals surface area contributed by atoms with Crippen LogP contribution in [0.4, 0.5) is 0 Å². The van der Waals surface area contributed by atoms with Crippen molar-refractivity contribution in [3.8, 4) is 0 Å². The van der Waals surface area contributed by atoms with Crippen molar-refractivity contribution in [2.45, 2.75) is 46.7 Å². The van der Waals surface area contributed by atoms with Gasteiger partial charge in [-0.15, -0.1) is 11.3 Å². The van der Waals surface area contributed by atoms with Crippen LogP contribution in [0.2, 0.25) is 0 Å². The van der Waals surface area contributed by atoms with Gasteiger partial charge < -0.3 is 15.4 Å². The minimum Gasteiger partial charge on any atom is -0.462 e. The lowest BCUT2D eigenvalue weighted by atomic mass is 10.1. The number of hydrogen-bond donors (Lipinski definition) is 2. The van der Waals surface area contributed by atoms with E-state index in [-0.39, 0.29) is 12.0 Å². The molecule has 1 aromatic carbocycles. The van der Waals surface area contributed by atoms with Crippen molar-refractivity contribution >= 4 is 23.3 Å². The van der Waals surface area contributed by atoms with Gasteiger partial charge in [-0.1, -0.05) is 31.2 Å². The lowest BCUT2D eigenvalue weighted by Crippen LogP contribution is -2.38. The number of thiazole rings is 1. The van der Waals surface area contributed by atoms with Crippen LogP contribution in [0.1, 0.15) is 58.3 Å². The number of benzene rings is 1. The molecule has 0 aliphatic heterocycles. The van der Waals surface area contributed by atoms with Crippen LogP contribution in [0.15, 0.2) is 29.3 Å².